The lowest BCUT2D eigenvalue weighted by Gasteiger charge is -2.44. The molecule has 2 aliphatic heterocycles. The summed E-state index contributed by atoms with van der Waals surface area (Å²) in [6.45, 7) is 3.50. The fourth-order valence-electron chi connectivity index (χ4n) is 7.37. The highest BCUT2D eigenvalue weighted by Gasteiger charge is 2.47. The molecule has 0 radical (unpaired) electrons. The summed E-state index contributed by atoms with van der Waals surface area (Å²) in [6, 6.07) is 6.00. The standard InChI is InChI=1S/C36H36O14/c1-13-12-18-22(35(41)47-13)26(39)21-16(29(18)50-36-34(46-7)33(45-6)28(43-4)14(2)48-36)9-8-15-20(21)27(40)23-24(37)17-10-11-19(42-3)31(44-5)30(17)49-32(23)25(15)38/h8-11,13-14,28,33-34,36,38-40H,12H2,1-7H3. The fourth-order valence-corrected chi connectivity index (χ4v) is 7.37. The van der Waals surface area contributed by atoms with Crippen molar-refractivity contribution in [2.75, 3.05) is 35.5 Å². The number of benzene rings is 4. The van der Waals surface area contributed by atoms with Crippen molar-refractivity contribution in [1.29, 1.82) is 0 Å². The van der Waals surface area contributed by atoms with Crippen molar-refractivity contribution in [3.63, 3.8) is 0 Å². The van der Waals surface area contributed by atoms with E-state index in [0.29, 0.717) is 5.56 Å². The monoisotopic (exact) mass is 692 g/mol. The summed E-state index contributed by atoms with van der Waals surface area (Å²) >= 11 is 0. The van der Waals surface area contributed by atoms with E-state index in [0.717, 1.165) is 0 Å². The Kier molecular flexibility index (Phi) is 8.29. The van der Waals surface area contributed by atoms with Crippen molar-refractivity contribution in [2.45, 2.75) is 57.1 Å². The van der Waals surface area contributed by atoms with E-state index in [2.05, 4.69) is 0 Å². The van der Waals surface area contributed by atoms with Crippen LogP contribution >= 0.6 is 0 Å². The summed E-state index contributed by atoms with van der Waals surface area (Å²) in [5.41, 5.74) is -0.894. The molecule has 5 aromatic rings. The van der Waals surface area contributed by atoms with Crippen LogP contribution in [0.5, 0.6) is 34.5 Å². The van der Waals surface area contributed by atoms with Crippen LogP contribution < -0.4 is 19.6 Å². The van der Waals surface area contributed by atoms with Crippen LogP contribution in [-0.2, 0) is 30.1 Å². The number of phenols is 3. The number of phenolic OH excluding ortho intramolecular Hbond substituents is 3. The number of methoxy groups -OCH3 is 5. The van der Waals surface area contributed by atoms with Crippen LogP contribution in [0.4, 0.5) is 0 Å². The van der Waals surface area contributed by atoms with Crippen LogP contribution in [-0.4, -0.2) is 93.6 Å². The van der Waals surface area contributed by atoms with Crippen molar-refractivity contribution < 1.29 is 62.4 Å². The molecule has 50 heavy (non-hydrogen) atoms. The molecule has 4 aromatic carbocycles. The van der Waals surface area contributed by atoms with Gasteiger partial charge in [0.05, 0.1) is 25.7 Å². The Labute approximate surface area is 284 Å². The van der Waals surface area contributed by atoms with E-state index < -0.39 is 65.5 Å². The van der Waals surface area contributed by atoms with Gasteiger partial charge in [0.1, 0.15) is 52.6 Å². The Morgan fingerprint density at radius 3 is 2.02 bits per heavy atom. The molecule has 264 valence electrons. The van der Waals surface area contributed by atoms with E-state index in [1.165, 1.54) is 53.7 Å². The van der Waals surface area contributed by atoms with Gasteiger partial charge in [-0.25, -0.2) is 4.79 Å². The second-order valence-corrected chi connectivity index (χ2v) is 12.3. The van der Waals surface area contributed by atoms with E-state index in [1.807, 2.05) is 0 Å². The van der Waals surface area contributed by atoms with E-state index >= 15 is 0 Å². The molecule has 0 spiro atoms. The average molecular weight is 693 g/mol. The molecule has 0 saturated carbocycles. The van der Waals surface area contributed by atoms with Crippen molar-refractivity contribution in [2.24, 2.45) is 0 Å². The maximum Gasteiger partial charge on any atom is 0.342 e. The van der Waals surface area contributed by atoms with Gasteiger partial charge >= 0.3 is 5.97 Å². The highest BCUT2D eigenvalue weighted by atomic mass is 16.7. The second kappa shape index (κ2) is 12.4. The zero-order valence-electron chi connectivity index (χ0n) is 28.3. The summed E-state index contributed by atoms with van der Waals surface area (Å²) < 4.78 is 52.4. The lowest BCUT2D eigenvalue weighted by Crippen LogP contribution is -2.60. The summed E-state index contributed by atoms with van der Waals surface area (Å²) in [4.78, 5) is 27.5. The van der Waals surface area contributed by atoms with Crippen molar-refractivity contribution in [3.8, 4) is 34.5 Å². The Hall–Kier alpha value is -5.02. The van der Waals surface area contributed by atoms with E-state index in [-0.39, 0.29) is 72.7 Å². The van der Waals surface area contributed by atoms with Crippen molar-refractivity contribution in [3.05, 3.63) is 45.6 Å². The van der Waals surface area contributed by atoms with Gasteiger partial charge in [-0.05, 0) is 38.1 Å². The molecule has 2 aliphatic rings. The highest BCUT2D eigenvalue weighted by molar-refractivity contribution is 6.24. The Balaban J connectivity index is 1.56. The molecule has 1 fully saturated rings. The van der Waals surface area contributed by atoms with Crippen LogP contribution in [0.25, 0.3) is 43.5 Å². The van der Waals surface area contributed by atoms with Crippen molar-refractivity contribution in [1.82, 2.24) is 0 Å². The molecule has 3 N–H and O–H groups in total. The molecule has 7 rings (SSSR count). The number of carbonyl (C=O) groups excluding carboxylic acids is 1. The van der Waals surface area contributed by atoms with Crippen LogP contribution in [0.1, 0.15) is 29.8 Å². The quantitative estimate of drug-likeness (QED) is 0.0927. The van der Waals surface area contributed by atoms with E-state index in [4.69, 9.17) is 42.3 Å². The third-order valence-corrected chi connectivity index (χ3v) is 9.63. The molecular formula is C36H36O14. The molecule has 6 unspecified atom stereocenters. The molecule has 0 bridgehead atoms. The van der Waals surface area contributed by atoms with E-state index in [1.54, 1.807) is 19.9 Å². The predicted molar refractivity (Wildman–Crippen MR) is 179 cm³/mol. The number of fused-ring (bicyclic) bond motifs is 6. The maximum absolute atomic E-state index is 14.0. The van der Waals surface area contributed by atoms with Gasteiger partial charge in [0.15, 0.2) is 22.7 Å². The Bertz CT molecular complexity index is 2260. The molecule has 3 heterocycles. The second-order valence-electron chi connectivity index (χ2n) is 12.3. The minimum Gasteiger partial charge on any atom is -0.506 e. The lowest BCUT2D eigenvalue weighted by molar-refractivity contribution is -0.282. The molecule has 1 saturated heterocycles. The minimum absolute atomic E-state index is 0.00491. The molecule has 6 atom stereocenters. The maximum atomic E-state index is 14.0. The molecule has 1 aromatic heterocycles. The number of ether oxygens (including phenoxy) is 8. The first-order valence-electron chi connectivity index (χ1n) is 15.8. The minimum atomic E-state index is -1.09. The summed E-state index contributed by atoms with van der Waals surface area (Å²) in [5, 5.41) is 35.1. The number of aromatic hydroxyl groups is 3. The topological polar surface area (TPSA) is 182 Å². The number of carbonyl (C=O) groups is 1. The van der Waals surface area contributed by atoms with Crippen LogP contribution in [0, 0.1) is 0 Å². The molecular weight excluding hydrogens is 656 g/mol. The van der Waals surface area contributed by atoms with Gasteiger partial charge in [-0.15, -0.1) is 0 Å². The number of esters is 1. The van der Waals surface area contributed by atoms with Crippen LogP contribution in [0.2, 0.25) is 0 Å². The zero-order valence-corrected chi connectivity index (χ0v) is 28.3. The van der Waals surface area contributed by atoms with E-state index in [9.17, 15) is 24.9 Å². The predicted octanol–water partition coefficient (Wildman–Crippen LogP) is 4.66. The molecule has 0 aliphatic carbocycles. The SMILES string of the molecule is COc1ccc2c(=O)c3c(O)c4c(ccc5c(OC6OC(C)C(OC)C(OC)C6OC)c6c(c(O)c54)C(=O)OC(C)C6)c(O)c3oc2c1OC. The van der Waals surface area contributed by atoms with Gasteiger partial charge in [-0.2, -0.15) is 0 Å². The van der Waals surface area contributed by atoms with Gasteiger partial charge in [0.2, 0.25) is 17.5 Å². The smallest absolute Gasteiger partial charge is 0.342 e. The summed E-state index contributed by atoms with van der Waals surface area (Å²) in [6.07, 6.45) is -3.90. The van der Waals surface area contributed by atoms with Gasteiger partial charge < -0.3 is 57.6 Å². The summed E-state index contributed by atoms with van der Waals surface area (Å²) in [7, 11) is 7.33. The molecule has 14 heteroatoms. The summed E-state index contributed by atoms with van der Waals surface area (Å²) in [5.74, 6) is -1.94. The van der Waals surface area contributed by atoms with Gasteiger partial charge in [-0.3, -0.25) is 4.79 Å². The average Bonchev–Trinajstić information content (AvgIpc) is 3.10. The lowest BCUT2D eigenvalue weighted by atomic mass is 9.89. The Morgan fingerprint density at radius 1 is 0.700 bits per heavy atom. The zero-order chi connectivity index (χ0) is 35.8. The number of rotatable bonds is 7. The fraction of sp³-hybridized carbons (Fsp3) is 0.389. The third-order valence-electron chi connectivity index (χ3n) is 9.63. The normalized spacial score (nSPS) is 23.7. The molecule has 14 nitrogen and oxygen atoms in total. The number of cyclic esters (lactones) is 1. The van der Waals surface area contributed by atoms with Gasteiger partial charge in [0.25, 0.3) is 0 Å². The van der Waals surface area contributed by atoms with Crippen LogP contribution in [0.3, 0.4) is 0 Å². The van der Waals surface area contributed by atoms with Crippen molar-refractivity contribution >= 4 is 49.5 Å². The first-order chi connectivity index (χ1) is 24.0. The van der Waals surface area contributed by atoms with Crippen LogP contribution in [0.15, 0.2) is 33.5 Å². The van der Waals surface area contributed by atoms with Gasteiger partial charge in [-0.1, -0.05) is 0 Å². The highest BCUT2D eigenvalue weighted by Crippen LogP contribution is 2.52. The third kappa shape index (κ3) is 4.70. The first kappa shape index (κ1) is 33.5. The molecule has 0 amide bonds. The van der Waals surface area contributed by atoms with Gasteiger partial charge in [0, 0.05) is 54.9 Å². The first-order valence-corrected chi connectivity index (χ1v) is 15.8. The largest absolute Gasteiger partial charge is 0.506 e. The number of hydrogen-bond acceptors (Lipinski definition) is 14. The Morgan fingerprint density at radius 2 is 1.36 bits per heavy atom. The number of hydrogen-bond donors (Lipinski definition) is 3.